The smallest absolute Gasteiger partial charge is 0.263 e. The predicted octanol–water partition coefficient (Wildman–Crippen LogP) is 9.22. The maximum Gasteiger partial charge on any atom is 0.263 e. The van der Waals surface area contributed by atoms with Gasteiger partial charge in [0.05, 0.1) is 40.7 Å². The molecule has 0 saturated heterocycles. The number of halogens is 1. The fourth-order valence-electron chi connectivity index (χ4n) is 7.68. The number of hydrogen-bond donors (Lipinski definition) is 2. The van der Waals surface area contributed by atoms with Crippen molar-refractivity contribution in [3.8, 4) is 11.4 Å². The van der Waals surface area contributed by atoms with Crippen LogP contribution in [0.2, 0.25) is 0 Å². The Hall–Kier alpha value is -7.32. The summed E-state index contributed by atoms with van der Waals surface area (Å²) in [7, 11) is 0. The summed E-state index contributed by atoms with van der Waals surface area (Å²) in [4.78, 5) is 51.2. The van der Waals surface area contributed by atoms with Crippen LogP contribution in [-0.4, -0.2) is 44.8 Å². The first-order valence-corrected chi connectivity index (χ1v) is 21.7. The molecule has 5 aromatic heterocycles. The van der Waals surface area contributed by atoms with E-state index in [2.05, 4.69) is 58.0 Å². The summed E-state index contributed by atoms with van der Waals surface area (Å²) >= 11 is 3.51. The topological polar surface area (TPSA) is 178 Å². The van der Waals surface area contributed by atoms with Gasteiger partial charge in [-0.05, 0) is 85.0 Å². The van der Waals surface area contributed by atoms with Crippen molar-refractivity contribution in [3.05, 3.63) is 176 Å². The van der Waals surface area contributed by atoms with Crippen molar-refractivity contribution < 1.29 is 0 Å². The van der Waals surface area contributed by atoms with E-state index >= 15 is 0 Å². The Kier molecular flexibility index (Phi) is 13.3. The van der Waals surface area contributed by atoms with E-state index in [4.69, 9.17) is 11.5 Å². The van der Waals surface area contributed by atoms with Gasteiger partial charge in [0.15, 0.2) is 17.3 Å². The molecule has 0 bridgehead atoms. The van der Waals surface area contributed by atoms with Crippen molar-refractivity contribution in [2.45, 2.75) is 59.8 Å². The van der Waals surface area contributed by atoms with Crippen LogP contribution in [0.25, 0.3) is 44.1 Å². The first-order chi connectivity index (χ1) is 30.5. The van der Waals surface area contributed by atoms with E-state index in [-0.39, 0.29) is 11.1 Å². The summed E-state index contributed by atoms with van der Waals surface area (Å²) in [5.41, 5.74) is 22.0. The molecule has 6 heterocycles. The summed E-state index contributed by atoms with van der Waals surface area (Å²) in [5.74, 6) is 0.808. The Balaban J connectivity index is 0.000000155. The molecule has 9 aromatic rings. The van der Waals surface area contributed by atoms with Crippen molar-refractivity contribution in [1.82, 2.24) is 38.6 Å². The lowest BCUT2D eigenvalue weighted by molar-refractivity contribution is 0.749. The van der Waals surface area contributed by atoms with Gasteiger partial charge in [0.1, 0.15) is 23.9 Å². The molecule has 0 atom stereocenters. The van der Waals surface area contributed by atoms with Crippen LogP contribution >= 0.6 is 15.9 Å². The summed E-state index contributed by atoms with van der Waals surface area (Å²) in [6, 6.07) is 31.9. The Labute approximate surface area is 373 Å². The van der Waals surface area contributed by atoms with Gasteiger partial charge in [-0.25, -0.2) is 24.9 Å². The van der Waals surface area contributed by atoms with Crippen LogP contribution in [0.5, 0.6) is 0 Å². The highest BCUT2D eigenvalue weighted by atomic mass is 79.9. The molecular weight excluding hydrogens is 855 g/mol. The van der Waals surface area contributed by atoms with Crippen molar-refractivity contribution in [3.63, 3.8) is 0 Å². The molecule has 63 heavy (non-hydrogen) atoms. The molecule has 0 spiro atoms. The Morgan fingerprint density at radius 3 is 1.71 bits per heavy atom. The van der Waals surface area contributed by atoms with Gasteiger partial charge in [-0.3, -0.25) is 23.7 Å². The average molecular weight is 903 g/mol. The summed E-state index contributed by atoms with van der Waals surface area (Å²) in [6.07, 6.45) is 7.14. The SMILES string of the molecule is CC.Cc1ccccc1-n1c(CBr)cc2cccc(C)c2c1=O.Cc1ccccc1-n1c(Cn2cnc3c(N)ncnc32)cc2cccc(C)c2c1=O.Nc1ncnc2c1N=CC2. The lowest BCUT2D eigenvalue weighted by Gasteiger charge is -2.18. The van der Waals surface area contributed by atoms with E-state index in [1.54, 1.807) is 17.1 Å². The number of para-hydroxylation sites is 2. The summed E-state index contributed by atoms with van der Waals surface area (Å²) < 4.78 is 5.50. The maximum atomic E-state index is 13.7. The zero-order chi connectivity index (χ0) is 44.8. The number of rotatable bonds is 5. The number of fused-ring (bicyclic) bond motifs is 4. The standard InChI is InChI=1S/C23H20N6O.C18H16BrNO.C6H6N4.C2H6/c1-14-6-3-4-9-18(14)29-17(10-16-8-5-7-15(2)19(16)23(29)30)11-28-13-27-20-21(24)25-12-26-22(20)28;1-12-6-3-4-9-16(12)20-15(11-19)10-14-8-5-7-13(2)17(14)18(20)21;7-6-5-4(1-2-8-5)9-3-10-6;1-2/h3-10,12-13H,11H2,1-2H3,(H2,24,25,26);3-10H,11H2,1-2H3;2-3H,1H2,(H2,7,9,10);1-2H3. The molecule has 0 saturated carbocycles. The highest BCUT2D eigenvalue weighted by Gasteiger charge is 2.17. The molecule has 14 heteroatoms. The van der Waals surface area contributed by atoms with E-state index < -0.39 is 0 Å². The van der Waals surface area contributed by atoms with E-state index in [0.29, 0.717) is 34.7 Å². The highest BCUT2D eigenvalue weighted by molar-refractivity contribution is 9.08. The molecule has 0 aliphatic carbocycles. The highest BCUT2D eigenvalue weighted by Crippen LogP contribution is 2.27. The van der Waals surface area contributed by atoms with Gasteiger partial charge in [-0.15, -0.1) is 0 Å². The fraction of sp³-hybridized carbons (Fsp3) is 0.184. The lowest BCUT2D eigenvalue weighted by Crippen LogP contribution is -2.24. The van der Waals surface area contributed by atoms with Gasteiger partial charge in [0.2, 0.25) is 0 Å². The molecule has 0 unspecified atom stereocenters. The number of benzene rings is 4. The Bertz CT molecular complexity index is 3280. The van der Waals surface area contributed by atoms with Crippen LogP contribution in [0, 0.1) is 27.7 Å². The first kappa shape index (κ1) is 43.8. The molecule has 4 aromatic carbocycles. The van der Waals surface area contributed by atoms with Gasteiger partial charge in [-0.2, -0.15) is 0 Å². The minimum absolute atomic E-state index is 0.0338. The van der Waals surface area contributed by atoms with Crippen LogP contribution in [0.15, 0.2) is 131 Å². The van der Waals surface area contributed by atoms with Gasteiger partial charge in [0.25, 0.3) is 11.1 Å². The first-order valence-electron chi connectivity index (χ1n) is 20.5. The fourth-order valence-corrected chi connectivity index (χ4v) is 8.10. The third kappa shape index (κ3) is 8.75. The van der Waals surface area contributed by atoms with Crippen LogP contribution in [0.3, 0.4) is 0 Å². The summed E-state index contributed by atoms with van der Waals surface area (Å²) in [5, 5.41) is 4.08. The Morgan fingerprint density at radius 1 is 0.619 bits per heavy atom. The molecule has 0 fully saturated rings. The number of alkyl halides is 1. The number of anilines is 2. The molecule has 1 aliphatic heterocycles. The van der Waals surface area contributed by atoms with E-state index in [1.165, 1.54) is 12.7 Å². The number of aliphatic imine (C=N–C) groups is 1. The van der Waals surface area contributed by atoms with E-state index in [0.717, 1.165) is 84.4 Å². The van der Waals surface area contributed by atoms with Gasteiger partial charge in [0, 0.05) is 29.4 Å². The van der Waals surface area contributed by atoms with Gasteiger partial charge in [-0.1, -0.05) is 103 Å². The summed E-state index contributed by atoms with van der Waals surface area (Å²) in [6.45, 7) is 12.4. The number of aromatic nitrogens is 8. The number of aryl methyl sites for hydroxylation is 4. The van der Waals surface area contributed by atoms with Gasteiger partial charge < -0.3 is 16.0 Å². The van der Waals surface area contributed by atoms with Crippen molar-refractivity contribution in [2.24, 2.45) is 4.99 Å². The molecule has 0 amide bonds. The molecule has 4 N–H and O–H groups in total. The third-order valence-corrected chi connectivity index (χ3v) is 11.3. The van der Waals surface area contributed by atoms with Crippen LogP contribution in [0.4, 0.5) is 17.3 Å². The molecule has 10 rings (SSSR count). The molecule has 318 valence electrons. The van der Waals surface area contributed by atoms with Crippen LogP contribution < -0.4 is 22.6 Å². The van der Waals surface area contributed by atoms with Crippen molar-refractivity contribution in [2.75, 3.05) is 11.5 Å². The van der Waals surface area contributed by atoms with Crippen LogP contribution in [-0.2, 0) is 18.3 Å². The largest absolute Gasteiger partial charge is 0.382 e. The minimum Gasteiger partial charge on any atom is -0.382 e. The lowest BCUT2D eigenvalue weighted by atomic mass is 10.1. The second-order valence-corrected chi connectivity index (χ2v) is 15.3. The number of nitrogen functional groups attached to an aromatic ring is 2. The number of nitrogens with zero attached hydrogens (tertiary/aromatic N) is 9. The van der Waals surface area contributed by atoms with Gasteiger partial charge >= 0.3 is 0 Å². The zero-order valence-corrected chi connectivity index (χ0v) is 37.6. The second-order valence-electron chi connectivity index (χ2n) is 14.7. The number of hydrogen-bond acceptors (Lipinski definition) is 10. The van der Waals surface area contributed by atoms with Crippen molar-refractivity contribution >= 4 is 72.2 Å². The van der Waals surface area contributed by atoms with Crippen LogP contribution in [0.1, 0.15) is 53.2 Å². The van der Waals surface area contributed by atoms with Crippen molar-refractivity contribution in [1.29, 1.82) is 0 Å². The molecule has 0 radical (unpaired) electrons. The number of imidazole rings is 1. The quantitative estimate of drug-likeness (QED) is 0.159. The second kappa shape index (κ2) is 19.2. The molecule has 13 nitrogen and oxygen atoms in total. The van der Waals surface area contributed by atoms with E-state index in [1.807, 2.05) is 136 Å². The van der Waals surface area contributed by atoms with E-state index in [9.17, 15) is 9.59 Å². The number of pyridine rings is 2. The number of nitrogens with two attached hydrogens (primary N) is 2. The zero-order valence-electron chi connectivity index (χ0n) is 36.0. The third-order valence-electron chi connectivity index (χ3n) is 10.7. The molecular formula is C49H48BrN11O2. The minimum atomic E-state index is -0.0338. The maximum absolute atomic E-state index is 13.7. The predicted molar refractivity (Wildman–Crippen MR) is 259 cm³/mol. The Morgan fingerprint density at radius 2 is 1.14 bits per heavy atom. The monoisotopic (exact) mass is 901 g/mol. The average Bonchev–Trinajstić information content (AvgIpc) is 3.95. The molecule has 1 aliphatic rings. The normalized spacial score (nSPS) is 11.3.